The lowest BCUT2D eigenvalue weighted by molar-refractivity contribution is -0.113. The monoisotopic (exact) mass is 412 g/mol. The first kappa shape index (κ1) is 18.7. The van der Waals surface area contributed by atoms with Crippen molar-refractivity contribution in [3.8, 4) is 0 Å². The van der Waals surface area contributed by atoms with E-state index in [0.29, 0.717) is 5.56 Å². The van der Waals surface area contributed by atoms with Crippen LogP contribution in [0.1, 0.15) is 23.1 Å². The lowest BCUT2D eigenvalue weighted by atomic mass is 9.55. The van der Waals surface area contributed by atoms with E-state index < -0.39 is 16.9 Å². The number of hydrogen-bond acceptors (Lipinski definition) is 1. The van der Waals surface area contributed by atoms with Crippen LogP contribution in [-0.4, -0.2) is 0 Å². The van der Waals surface area contributed by atoms with E-state index >= 15 is 4.39 Å². The molecule has 0 radical (unpaired) electrons. The Bertz CT molecular complexity index is 1170. The van der Waals surface area contributed by atoms with Gasteiger partial charge in [0, 0.05) is 18.3 Å². The fourth-order valence-corrected chi connectivity index (χ4v) is 6.13. The lowest BCUT2D eigenvalue weighted by Gasteiger charge is -2.47. The minimum atomic E-state index is -1.82. The van der Waals surface area contributed by atoms with Gasteiger partial charge in [0.25, 0.3) is 0 Å². The number of fused-ring (bicyclic) bond motifs is 5. The average Bonchev–Trinajstić information content (AvgIpc) is 3.29. The number of hydrogen-bond donors (Lipinski definition) is 0. The molecule has 0 N–H and O–H groups in total. The highest BCUT2D eigenvalue weighted by atomic mass is 19.1. The minimum Gasteiger partial charge on any atom is -0.354 e. The molecule has 2 unspecified atom stereocenters. The third-order valence-electron chi connectivity index (χ3n) is 7.35. The Morgan fingerprint density at radius 3 is 1.90 bits per heavy atom. The summed E-state index contributed by atoms with van der Waals surface area (Å²) in [5, 5.41) is 0. The van der Waals surface area contributed by atoms with Crippen molar-refractivity contribution in [2.24, 2.45) is 11.8 Å². The highest BCUT2D eigenvalue weighted by Crippen LogP contribution is 2.74. The second-order valence-corrected chi connectivity index (χ2v) is 8.77. The largest absolute Gasteiger partial charge is 0.354 e. The van der Waals surface area contributed by atoms with Crippen LogP contribution in [-0.2, 0) is 21.6 Å². The minimum absolute atomic E-state index is 0.00410. The van der Waals surface area contributed by atoms with Gasteiger partial charge in [-0.25, -0.2) is 8.78 Å². The number of halogens is 2. The van der Waals surface area contributed by atoms with Crippen LogP contribution in [0.5, 0.6) is 0 Å². The highest BCUT2D eigenvalue weighted by Gasteiger charge is 2.78. The summed E-state index contributed by atoms with van der Waals surface area (Å²) < 4.78 is 38.3. The molecule has 2 bridgehead atoms. The summed E-state index contributed by atoms with van der Waals surface area (Å²) in [6.07, 6.45) is 8.43. The van der Waals surface area contributed by atoms with E-state index in [1.165, 1.54) is 12.1 Å². The van der Waals surface area contributed by atoms with Crippen molar-refractivity contribution in [1.82, 2.24) is 0 Å². The Labute approximate surface area is 180 Å². The van der Waals surface area contributed by atoms with E-state index in [1.54, 1.807) is 12.1 Å². The maximum absolute atomic E-state index is 17.6. The molecule has 3 aliphatic rings. The van der Waals surface area contributed by atoms with Crippen LogP contribution in [0.25, 0.3) is 0 Å². The number of benzene rings is 3. The van der Waals surface area contributed by atoms with Crippen molar-refractivity contribution in [2.45, 2.75) is 23.3 Å². The Hall–Kier alpha value is -3.04. The van der Waals surface area contributed by atoms with Gasteiger partial charge in [0.2, 0.25) is 0 Å². The fourth-order valence-electron chi connectivity index (χ4n) is 6.13. The molecule has 2 saturated heterocycles. The van der Waals surface area contributed by atoms with Gasteiger partial charge in [0.05, 0.1) is 0 Å². The molecule has 3 aromatic rings. The number of rotatable bonds is 3. The van der Waals surface area contributed by atoms with E-state index in [-0.39, 0.29) is 24.1 Å². The van der Waals surface area contributed by atoms with Gasteiger partial charge in [-0.05, 0) is 28.8 Å². The van der Waals surface area contributed by atoms with Gasteiger partial charge in [-0.3, -0.25) is 0 Å². The van der Waals surface area contributed by atoms with E-state index in [9.17, 15) is 4.39 Å². The van der Waals surface area contributed by atoms with E-state index in [0.717, 1.165) is 11.1 Å². The SMILES string of the molecule is Fc1ccc([C@@]2(F)C[C@]3(c4ccccc4)O[C@@]2(c2ccccc2)C2C=CC=CC23)cc1. The quantitative estimate of drug-likeness (QED) is 0.472. The van der Waals surface area contributed by atoms with Crippen LogP contribution in [0.15, 0.2) is 109 Å². The predicted molar refractivity (Wildman–Crippen MR) is 116 cm³/mol. The van der Waals surface area contributed by atoms with Crippen molar-refractivity contribution in [1.29, 1.82) is 0 Å². The summed E-state index contributed by atoms with van der Waals surface area (Å²) in [5.41, 5.74) is -1.61. The first-order valence-corrected chi connectivity index (χ1v) is 10.7. The first-order chi connectivity index (χ1) is 15.1. The molecule has 2 aliphatic heterocycles. The van der Waals surface area contributed by atoms with Crippen LogP contribution < -0.4 is 0 Å². The van der Waals surface area contributed by atoms with Gasteiger partial charge in [-0.1, -0.05) is 97.1 Å². The summed E-state index contributed by atoms with van der Waals surface area (Å²) in [4.78, 5) is 0. The maximum Gasteiger partial charge on any atom is 0.172 e. The number of allylic oxidation sites excluding steroid dienone is 2. The van der Waals surface area contributed by atoms with Crippen molar-refractivity contribution in [3.05, 3.63) is 132 Å². The normalized spacial score (nSPS) is 35.3. The molecule has 0 spiro atoms. The summed E-state index contributed by atoms with van der Waals surface area (Å²) in [7, 11) is 0. The van der Waals surface area contributed by atoms with Gasteiger partial charge in [-0.2, -0.15) is 0 Å². The molecule has 0 aromatic heterocycles. The van der Waals surface area contributed by atoms with Crippen molar-refractivity contribution in [3.63, 3.8) is 0 Å². The molecule has 3 aromatic carbocycles. The summed E-state index contributed by atoms with van der Waals surface area (Å²) in [6.45, 7) is 0. The molecular weight excluding hydrogens is 390 g/mol. The van der Waals surface area contributed by atoms with E-state index in [4.69, 9.17) is 4.74 Å². The Morgan fingerprint density at radius 1 is 0.677 bits per heavy atom. The number of alkyl halides is 1. The molecule has 0 saturated carbocycles. The Kier molecular flexibility index (Phi) is 3.91. The standard InChI is InChI=1S/C28H22F2O/c29-23-17-15-21(16-18-23)27(30)19-26(20-9-3-1-4-10-20)24-13-7-8-14-25(24)28(27,31-26)22-11-5-2-6-12-22/h1-18,24-25H,19H2/t24?,25?,26-,27+,28+/m1/s1. The van der Waals surface area contributed by atoms with Crippen LogP contribution >= 0.6 is 0 Å². The van der Waals surface area contributed by atoms with Crippen LogP contribution in [0.4, 0.5) is 8.78 Å². The molecule has 3 heteroatoms. The molecule has 1 nitrogen and oxygen atoms in total. The Morgan fingerprint density at radius 2 is 1.26 bits per heavy atom. The second kappa shape index (κ2) is 6.48. The summed E-state index contributed by atoms with van der Waals surface area (Å²) >= 11 is 0. The third-order valence-corrected chi connectivity index (χ3v) is 7.35. The zero-order valence-corrected chi connectivity index (χ0v) is 16.9. The Balaban J connectivity index is 1.66. The van der Waals surface area contributed by atoms with E-state index in [1.807, 2.05) is 72.8 Å². The maximum atomic E-state index is 17.6. The molecular formula is C28H22F2O. The second-order valence-electron chi connectivity index (χ2n) is 8.77. The molecule has 31 heavy (non-hydrogen) atoms. The van der Waals surface area contributed by atoms with Gasteiger partial charge >= 0.3 is 0 Å². The van der Waals surface area contributed by atoms with Crippen LogP contribution in [0.3, 0.4) is 0 Å². The molecule has 154 valence electrons. The molecule has 6 rings (SSSR count). The molecule has 0 amide bonds. The third kappa shape index (κ3) is 2.33. The lowest BCUT2D eigenvalue weighted by Crippen LogP contribution is -2.51. The molecule has 2 heterocycles. The molecule has 1 aliphatic carbocycles. The topological polar surface area (TPSA) is 9.23 Å². The van der Waals surface area contributed by atoms with Crippen LogP contribution in [0, 0.1) is 17.7 Å². The highest BCUT2D eigenvalue weighted by molar-refractivity contribution is 5.48. The van der Waals surface area contributed by atoms with E-state index in [2.05, 4.69) is 12.2 Å². The summed E-state index contributed by atoms with van der Waals surface area (Å²) in [5.74, 6) is -0.560. The van der Waals surface area contributed by atoms with Gasteiger partial charge in [0.15, 0.2) is 5.67 Å². The van der Waals surface area contributed by atoms with Crippen LogP contribution in [0.2, 0.25) is 0 Å². The van der Waals surface area contributed by atoms with Crippen molar-refractivity contribution >= 4 is 0 Å². The first-order valence-electron chi connectivity index (χ1n) is 10.7. The zero-order valence-electron chi connectivity index (χ0n) is 16.9. The van der Waals surface area contributed by atoms with Gasteiger partial charge < -0.3 is 4.74 Å². The average molecular weight is 412 g/mol. The zero-order chi connectivity index (χ0) is 21.1. The fraction of sp³-hybridized carbons (Fsp3) is 0.214. The van der Waals surface area contributed by atoms with Crippen molar-refractivity contribution in [2.75, 3.05) is 0 Å². The number of ether oxygens (including phenoxy) is 1. The molecule has 2 fully saturated rings. The van der Waals surface area contributed by atoms with Gasteiger partial charge in [-0.15, -0.1) is 0 Å². The predicted octanol–water partition coefficient (Wildman–Crippen LogP) is 6.57. The van der Waals surface area contributed by atoms with Crippen molar-refractivity contribution < 1.29 is 13.5 Å². The van der Waals surface area contributed by atoms with Gasteiger partial charge in [0.1, 0.15) is 17.0 Å². The summed E-state index contributed by atoms with van der Waals surface area (Å²) in [6, 6.07) is 25.5. The molecule has 5 atom stereocenters. The smallest absolute Gasteiger partial charge is 0.172 e.